The van der Waals surface area contributed by atoms with Crippen molar-refractivity contribution in [3.8, 4) is 23.0 Å². The molecule has 0 bridgehead atoms. The van der Waals surface area contributed by atoms with E-state index in [1.807, 2.05) is 0 Å². The number of phenolic OH excluding ortho intramolecular Hbond substituents is 1. The Morgan fingerprint density at radius 3 is 1.92 bits per heavy atom. The third-order valence-electron chi connectivity index (χ3n) is 3.30. The van der Waals surface area contributed by atoms with Crippen LogP contribution in [-0.2, 0) is 9.84 Å². The molecule has 7 heteroatoms. The van der Waals surface area contributed by atoms with Crippen molar-refractivity contribution in [1.29, 1.82) is 0 Å². The second-order valence-corrected chi connectivity index (χ2v) is 6.63. The fraction of sp³-hybridized carbons (Fsp3) is 0.176. The fourth-order valence-corrected chi connectivity index (χ4v) is 3.09. The van der Waals surface area contributed by atoms with Crippen LogP contribution in [0.4, 0.5) is 0 Å². The largest absolute Gasteiger partial charge is 0.508 e. The lowest BCUT2D eigenvalue weighted by Gasteiger charge is -2.13. The van der Waals surface area contributed by atoms with Gasteiger partial charge in [-0.25, -0.2) is 8.42 Å². The molecule has 0 aromatic heterocycles. The molecule has 2 rings (SSSR count). The summed E-state index contributed by atoms with van der Waals surface area (Å²) in [4.78, 5) is 0.0204. The topological polar surface area (TPSA) is 82.1 Å². The minimum atomic E-state index is -3.72. The smallest absolute Gasteiger partial charge is 0.203 e. The normalized spacial score (nSPS) is 11.5. The van der Waals surface area contributed by atoms with Crippen molar-refractivity contribution in [1.82, 2.24) is 0 Å². The zero-order valence-corrected chi connectivity index (χ0v) is 14.3. The van der Waals surface area contributed by atoms with E-state index in [9.17, 15) is 13.5 Å². The van der Waals surface area contributed by atoms with Gasteiger partial charge in [-0.3, -0.25) is 0 Å². The number of hydrogen-bond acceptors (Lipinski definition) is 6. The van der Waals surface area contributed by atoms with E-state index in [-0.39, 0.29) is 22.1 Å². The molecule has 0 saturated carbocycles. The first-order valence-corrected chi connectivity index (χ1v) is 8.48. The molecule has 24 heavy (non-hydrogen) atoms. The standard InChI is InChI=1S/C17H18O6S/c1-21-15-10-14(11-16(22-2)17(15)23-3)24(19,20)9-8-12-4-6-13(18)7-5-12/h4-11,18H,1-3H3/b9-8+. The second-order valence-electron chi connectivity index (χ2n) is 4.80. The minimum Gasteiger partial charge on any atom is -0.508 e. The van der Waals surface area contributed by atoms with Gasteiger partial charge in [-0.05, 0) is 23.8 Å². The Labute approximate surface area is 140 Å². The summed E-state index contributed by atoms with van der Waals surface area (Å²) in [5.41, 5.74) is 0.642. The predicted molar refractivity (Wildman–Crippen MR) is 90.4 cm³/mol. The van der Waals surface area contributed by atoms with E-state index in [0.29, 0.717) is 11.3 Å². The number of benzene rings is 2. The Morgan fingerprint density at radius 2 is 1.46 bits per heavy atom. The van der Waals surface area contributed by atoms with Gasteiger partial charge in [0.15, 0.2) is 21.3 Å². The lowest BCUT2D eigenvalue weighted by Crippen LogP contribution is -2.01. The molecule has 0 aliphatic heterocycles. The van der Waals surface area contributed by atoms with Gasteiger partial charge in [-0.1, -0.05) is 12.1 Å². The Morgan fingerprint density at radius 1 is 0.917 bits per heavy atom. The summed E-state index contributed by atoms with van der Waals surface area (Å²) in [6, 6.07) is 8.92. The van der Waals surface area contributed by atoms with Crippen LogP contribution in [0.1, 0.15) is 5.56 Å². The van der Waals surface area contributed by atoms with Crippen molar-refractivity contribution in [3.05, 3.63) is 47.4 Å². The molecule has 128 valence electrons. The fourth-order valence-electron chi connectivity index (χ4n) is 2.05. The predicted octanol–water partition coefficient (Wildman–Crippen LogP) is 2.86. The van der Waals surface area contributed by atoms with Crippen molar-refractivity contribution < 1.29 is 27.7 Å². The zero-order valence-electron chi connectivity index (χ0n) is 13.5. The molecule has 0 amide bonds. The van der Waals surface area contributed by atoms with Gasteiger partial charge >= 0.3 is 0 Å². The highest BCUT2D eigenvalue weighted by Gasteiger charge is 2.19. The molecule has 0 atom stereocenters. The van der Waals surface area contributed by atoms with E-state index >= 15 is 0 Å². The van der Waals surface area contributed by atoms with E-state index < -0.39 is 9.84 Å². The van der Waals surface area contributed by atoms with Gasteiger partial charge in [0, 0.05) is 17.5 Å². The van der Waals surface area contributed by atoms with E-state index in [1.165, 1.54) is 51.7 Å². The van der Waals surface area contributed by atoms with Gasteiger partial charge in [-0.15, -0.1) is 0 Å². The number of methoxy groups -OCH3 is 3. The molecule has 1 N–H and O–H groups in total. The van der Waals surface area contributed by atoms with Crippen LogP contribution in [0.3, 0.4) is 0 Å². The molecule has 0 radical (unpaired) electrons. The molecule has 2 aromatic carbocycles. The number of hydrogen-bond donors (Lipinski definition) is 1. The minimum absolute atomic E-state index is 0.0204. The number of sulfone groups is 1. The Hall–Kier alpha value is -2.67. The number of ether oxygens (including phenoxy) is 3. The summed E-state index contributed by atoms with van der Waals surface area (Å²) in [7, 11) is 0.560. The molecule has 0 aliphatic rings. The van der Waals surface area contributed by atoms with Crippen molar-refractivity contribution >= 4 is 15.9 Å². The molecular weight excluding hydrogens is 332 g/mol. The van der Waals surface area contributed by atoms with Gasteiger partial charge in [0.1, 0.15) is 5.75 Å². The third kappa shape index (κ3) is 3.80. The highest BCUT2D eigenvalue weighted by atomic mass is 32.2. The maximum atomic E-state index is 12.5. The van der Waals surface area contributed by atoms with Crippen LogP contribution in [0.5, 0.6) is 23.0 Å². The third-order valence-corrected chi connectivity index (χ3v) is 4.69. The van der Waals surface area contributed by atoms with Crippen LogP contribution in [0.15, 0.2) is 46.7 Å². The van der Waals surface area contributed by atoms with E-state index in [1.54, 1.807) is 12.1 Å². The molecule has 0 unspecified atom stereocenters. The summed E-state index contributed by atoms with van der Waals surface area (Å²) in [5.74, 6) is 0.947. The Balaban J connectivity index is 2.43. The van der Waals surface area contributed by atoms with E-state index in [2.05, 4.69) is 0 Å². The zero-order chi connectivity index (χ0) is 17.7. The van der Waals surface area contributed by atoms with Crippen LogP contribution in [0.2, 0.25) is 0 Å². The SMILES string of the molecule is COc1cc(S(=O)(=O)/C=C/c2ccc(O)cc2)cc(OC)c1OC. The van der Waals surface area contributed by atoms with Gasteiger partial charge in [0.25, 0.3) is 0 Å². The average molecular weight is 350 g/mol. The second kappa shape index (κ2) is 7.27. The van der Waals surface area contributed by atoms with Crippen molar-refractivity contribution in [2.75, 3.05) is 21.3 Å². The molecule has 6 nitrogen and oxygen atoms in total. The number of aromatic hydroxyl groups is 1. The molecule has 0 heterocycles. The molecule has 2 aromatic rings. The van der Waals surface area contributed by atoms with Crippen molar-refractivity contribution in [3.63, 3.8) is 0 Å². The maximum absolute atomic E-state index is 12.5. The van der Waals surface area contributed by atoms with Crippen LogP contribution >= 0.6 is 0 Å². The highest BCUT2D eigenvalue weighted by Crippen LogP contribution is 2.39. The molecular formula is C17H18O6S. The van der Waals surface area contributed by atoms with Crippen LogP contribution in [0.25, 0.3) is 6.08 Å². The van der Waals surface area contributed by atoms with Gasteiger partial charge in [0.05, 0.1) is 26.2 Å². The first-order valence-electron chi connectivity index (χ1n) is 6.93. The summed E-state index contributed by atoms with van der Waals surface area (Å²) in [6.07, 6.45) is 1.44. The van der Waals surface area contributed by atoms with Crippen molar-refractivity contribution in [2.45, 2.75) is 4.90 Å². The average Bonchev–Trinajstić information content (AvgIpc) is 2.59. The van der Waals surface area contributed by atoms with Gasteiger partial charge < -0.3 is 19.3 Å². The summed E-state index contributed by atoms with van der Waals surface area (Å²) < 4.78 is 40.6. The van der Waals surface area contributed by atoms with Crippen LogP contribution < -0.4 is 14.2 Å². The summed E-state index contributed by atoms with van der Waals surface area (Å²) in [5, 5.41) is 10.3. The lowest BCUT2D eigenvalue weighted by atomic mass is 10.2. The Bertz CT molecular complexity index is 813. The first-order chi connectivity index (χ1) is 11.4. The van der Waals surface area contributed by atoms with Crippen LogP contribution in [-0.4, -0.2) is 34.9 Å². The number of rotatable bonds is 6. The summed E-state index contributed by atoms with van der Waals surface area (Å²) >= 11 is 0. The number of phenols is 1. The molecule has 0 spiro atoms. The van der Waals surface area contributed by atoms with Gasteiger partial charge in [-0.2, -0.15) is 0 Å². The molecule has 0 saturated heterocycles. The van der Waals surface area contributed by atoms with E-state index in [0.717, 1.165) is 5.41 Å². The first kappa shape index (κ1) is 17.7. The summed E-state index contributed by atoms with van der Waals surface area (Å²) in [6.45, 7) is 0. The lowest BCUT2D eigenvalue weighted by molar-refractivity contribution is 0.323. The maximum Gasteiger partial charge on any atom is 0.203 e. The Kier molecular flexibility index (Phi) is 5.35. The van der Waals surface area contributed by atoms with Crippen molar-refractivity contribution in [2.24, 2.45) is 0 Å². The monoisotopic (exact) mass is 350 g/mol. The van der Waals surface area contributed by atoms with Gasteiger partial charge in [0.2, 0.25) is 5.75 Å². The quantitative estimate of drug-likeness (QED) is 0.863. The highest BCUT2D eigenvalue weighted by molar-refractivity contribution is 7.94. The van der Waals surface area contributed by atoms with E-state index in [4.69, 9.17) is 14.2 Å². The van der Waals surface area contributed by atoms with Crippen LogP contribution in [0, 0.1) is 0 Å². The molecule has 0 aliphatic carbocycles. The molecule has 0 fully saturated rings.